The predicted octanol–water partition coefficient (Wildman–Crippen LogP) is 3.70. The van der Waals surface area contributed by atoms with E-state index < -0.39 is 12.4 Å². The van der Waals surface area contributed by atoms with Gasteiger partial charge in [-0.3, -0.25) is 0 Å². The summed E-state index contributed by atoms with van der Waals surface area (Å²) < 4.78 is 30.2. The standard InChI is InChI=1S/C10H9BrF2INO2/c1-2-17-10(16)7-5(4-11)3-6(8(12)13)15-9(7)14/h3,8H,2,4H2,1H3. The molecule has 0 aliphatic carbocycles. The van der Waals surface area contributed by atoms with Gasteiger partial charge in [0.15, 0.2) is 0 Å². The first-order chi connectivity index (χ1) is 8.01. The lowest BCUT2D eigenvalue weighted by Crippen LogP contribution is -2.12. The van der Waals surface area contributed by atoms with Gasteiger partial charge in [0.05, 0.1) is 12.2 Å². The first-order valence-electron chi connectivity index (χ1n) is 4.71. The summed E-state index contributed by atoms with van der Waals surface area (Å²) in [6.45, 7) is 1.91. The van der Waals surface area contributed by atoms with E-state index in [9.17, 15) is 13.6 Å². The summed E-state index contributed by atoms with van der Waals surface area (Å²) in [5, 5.41) is 0.291. The van der Waals surface area contributed by atoms with Crippen molar-refractivity contribution < 1.29 is 18.3 Å². The third kappa shape index (κ3) is 3.57. The summed E-state index contributed by atoms with van der Waals surface area (Å²) in [4.78, 5) is 15.4. The molecule has 0 N–H and O–H groups in total. The van der Waals surface area contributed by atoms with Gasteiger partial charge in [-0.05, 0) is 41.1 Å². The second-order valence-electron chi connectivity index (χ2n) is 3.03. The second-order valence-corrected chi connectivity index (χ2v) is 4.61. The summed E-state index contributed by atoms with van der Waals surface area (Å²) in [5.41, 5.74) is 0.365. The first-order valence-corrected chi connectivity index (χ1v) is 6.91. The van der Waals surface area contributed by atoms with Crippen molar-refractivity contribution in [1.29, 1.82) is 0 Å². The Morgan fingerprint density at radius 3 is 2.76 bits per heavy atom. The van der Waals surface area contributed by atoms with Gasteiger partial charge in [0.1, 0.15) is 9.39 Å². The molecule has 0 amide bonds. The maximum atomic E-state index is 12.5. The molecule has 1 heterocycles. The van der Waals surface area contributed by atoms with Crippen LogP contribution in [-0.4, -0.2) is 17.6 Å². The highest BCUT2D eigenvalue weighted by molar-refractivity contribution is 14.1. The van der Waals surface area contributed by atoms with Gasteiger partial charge < -0.3 is 4.74 Å². The molecule has 94 valence electrons. The van der Waals surface area contributed by atoms with Crippen LogP contribution in [0.3, 0.4) is 0 Å². The van der Waals surface area contributed by atoms with Crippen LogP contribution in [0.2, 0.25) is 0 Å². The maximum absolute atomic E-state index is 12.5. The summed E-state index contributed by atoms with van der Waals surface area (Å²) >= 11 is 4.92. The van der Waals surface area contributed by atoms with Crippen LogP contribution < -0.4 is 0 Å². The van der Waals surface area contributed by atoms with Crippen LogP contribution in [0, 0.1) is 3.70 Å². The van der Waals surface area contributed by atoms with E-state index in [0.29, 0.717) is 10.9 Å². The Balaban J connectivity index is 3.25. The minimum Gasteiger partial charge on any atom is -0.462 e. The zero-order valence-corrected chi connectivity index (χ0v) is 12.6. The van der Waals surface area contributed by atoms with Crippen molar-refractivity contribution in [3.8, 4) is 0 Å². The molecule has 0 fully saturated rings. The smallest absolute Gasteiger partial charge is 0.341 e. The number of rotatable bonds is 4. The molecule has 1 rings (SSSR count). The van der Waals surface area contributed by atoms with E-state index in [0.717, 1.165) is 0 Å². The van der Waals surface area contributed by atoms with Crippen LogP contribution in [0.1, 0.15) is 35.0 Å². The van der Waals surface area contributed by atoms with E-state index >= 15 is 0 Å². The third-order valence-corrected chi connectivity index (χ3v) is 3.31. The summed E-state index contributed by atoms with van der Waals surface area (Å²) in [7, 11) is 0. The van der Waals surface area contributed by atoms with Gasteiger partial charge >= 0.3 is 5.97 Å². The highest BCUT2D eigenvalue weighted by Gasteiger charge is 2.21. The number of hydrogen-bond acceptors (Lipinski definition) is 3. The maximum Gasteiger partial charge on any atom is 0.341 e. The monoisotopic (exact) mass is 419 g/mol. The van der Waals surface area contributed by atoms with Gasteiger partial charge in [-0.15, -0.1) is 0 Å². The Kier molecular flexibility index (Phi) is 5.71. The zero-order chi connectivity index (χ0) is 13.0. The van der Waals surface area contributed by atoms with Gasteiger partial charge in [0, 0.05) is 5.33 Å². The number of carbonyl (C=O) groups is 1. The Morgan fingerprint density at radius 2 is 2.29 bits per heavy atom. The molecular weight excluding hydrogens is 411 g/mol. The van der Waals surface area contributed by atoms with Crippen molar-refractivity contribution in [2.75, 3.05) is 6.61 Å². The number of alkyl halides is 3. The van der Waals surface area contributed by atoms with Crippen LogP contribution in [0.5, 0.6) is 0 Å². The largest absolute Gasteiger partial charge is 0.462 e. The highest BCUT2D eigenvalue weighted by Crippen LogP contribution is 2.25. The molecule has 0 aliphatic heterocycles. The number of aromatic nitrogens is 1. The fourth-order valence-electron chi connectivity index (χ4n) is 1.22. The molecule has 0 radical (unpaired) electrons. The van der Waals surface area contributed by atoms with Crippen molar-refractivity contribution in [2.24, 2.45) is 0 Å². The molecule has 0 bridgehead atoms. The molecule has 0 unspecified atom stereocenters. The van der Waals surface area contributed by atoms with Crippen LogP contribution in [0.15, 0.2) is 6.07 Å². The Morgan fingerprint density at radius 1 is 1.65 bits per heavy atom. The van der Waals surface area contributed by atoms with Gasteiger partial charge in [-0.1, -0.05) is 15.9 Å². The number of halogens is 4. The third-order valence-electron chi connectivity index (χ3n) is 1.92. The lowest BCUT2D eigenvalue weighted by atomic mass is 10.1. The highest BCUT2D eigenvalue weighted by atomic mass is 127. The summed E-state index contributed by atoms with van der Waals surface area (Å²) in [6.07, 6.45) is -2.66. The second kappa shape index (κ2) is 6.58. The Hall–Kier alpha value is -0.310. The molecule has 1 aromatic heterocycles. The van der Waals surface area contributed by atoms with Gasteiger partial charge in [-0.2, -0.15) is 0 Å². The molecule has 0 atom stereocenters. The van der Waals surface area contributed by atoms with Crippen molar-refractivity contribution >= 4 is 44.5 Å². The molecule has 0 aromatic carbocycles. The van der Waals surface area contributed by atoms with E-state index in [-0.39, 0.29) is 21.6 Å². The molecule has 0 saturated heterocycles. The van der Waals surface area contributed by atoms with Gasteiger partial charge in [-0.25, -0.2) is 18.6 Å². The average molecular weight is 420 g/mol. The molecule has 0 saturated carbocycles. The predicted molar refractivity (Wildman–Crippen MR) is 70.5 cm³/mol. The van der Waals surface area contributed by atoms with Crippen LogP contribution >= 0.6 is 38.5 Å². The SMILES string of the molecule is CCOC(=O)c1c(CBr)cc(C(F)F)nc1I. The average Bonchev–Trinajstić information content (AvgIpc) is 2.27. The van der Waals surface area contributed by atoms with E-state index in [1.807, 2.05) is 0 Å². The van der Waals surface area contributed by atoms with E-state index in [1.54, 1.807) is 29.5 Å². The van der Waals surface area contributed by atoms with Crippen molar-refractivity contribution in [2.45, 2.75) is 18.7 Å². The summed E-state index contributed by atoms with van der Waals surface area (Å²) in [5.74, 6) is -0.542. The van der Waals surface area contributed by atoms with Gasteiger partial charge in [0.2, 0.25) is 0 Å². The van der Waals surface area contributed by atoms with Crippen molar-refractivity contribution in [3.05, 3.63) is 26.6 Å². The van der Waals surface area contributed by atoms with Crippen LogP contribution in [-0.2, 0) is 10.1 Å². The zero-order valence-electron chi connectivity index (χ0n) is 8.84. The Bertz CT molecular complexity index is 429. The number of ether oxygens (including phenoxy) is 1. The molecule has 7 heteroatoms. The summed E-state index contributed by atoms with van der Waals surface area (Å²) in [6, 6.07) is 1.22. The molecule has 1 aromatic rings. The fraction of sp³-hybridized carbons (Fsp3) is 0.400. The number of hydrogen-bond donors (Lipinski definition) is 0. The van der Waals surface area contributed by atoms with E-state index in [4.69, 9.17) is 4.74 Å². The van der Waals surface area contributed by atoms with Crippen molar-refractivity contribution in [1.82, 2.24) is 4.98 Å². The topological polar surface area (TPSA) is 39.2 Å². The number of pyridine rings is 1. The van der Waals surface area contributed by atoms with Crippen LogP contribution in [0.25, 0.3) is 0 Å². The molecule has 0 aliphatic rings. The van der Waals surface area contributed by atoms with E-state index in [2.05, 4.69) is 20.9 Å². The fourth-order valence-corrected chi connectivity index (χ4v) is 2.51. The molecular formula is C10H9BrF2INO2. The lowest BCUT2D eigenvalue weighted by Gasteiger charge is -2.10. The van der Waals surface area contributed by atoms with Crippen LogP contribution in [0.4, 0.5) is 8.78 Å². The Labute approximate surface area is 119 Å². The molecule has 3 nitrogen and oxygen atoms in total. The van der Waals surface area contributed by atoms with E-state index in [1.165, 1.54) is 6.07 Å². The number of esters is 1. The number of carbonyl (C=O) groups excluding carboxylic acids is 1. The molecule has 0 spiro atoms. The quantitative estimate of drug-likeness (QED) is 0.323. The first kappa shape index (κ1) is 14.7. The van der Waals surface area contributed by atoms with Crippen molar-refractivity contribution in [3.63, 3.8) is 0 Å². The normalized spacial score (nSPS) is 10.7. The lowest BCUT2D eigenvalue weighted by molar-refractivity contribution is 0.0523. The number of nitrogens with zero attached hydrogens (tertiary/aromatic N) is 1. The van der Waals surface area contributed by atoms with Gasteiger partial charge in [0.25, 0.3) is 6.43 Å². The minimum absolute atomic E-state index is 0.229. The minimum atomic E-state index is -2.66. The molecule has 17 heavy (non-hydrogen) atoms.